The number of anilines is 1. The molecule has 44 heavy (non-hydrogen) atoms. The third-order valence-electron chi connectivity index (χ3n) is 5.26. The van der Waals surface area contributed by atoms with E-state index in [1.807, 2.05) is 30.4 Å². The van der Waals surface area contributed by atoms with Crippen LogP contribution >= 0.6 is 21.6 Å². The zero-order valence-electron chi connectivity index (χ0n) is 27.6. The Morgan fingerprint density at radius 2 is 1.66 bits per heavy atom. The van der Waals surface area contributed by atoms with Gasteiger partial charge in [0.2, 0.25) is 11.8 Å². The molecule has 0 unspecified atom stereocenters. The maximum Gasteiger partial charge on any atom is 0.246 e. The normalized spacial score (nSPS) is 12.7. The predicted octanol–water partition coefficient (Wildman–Crippen LogP) is 5.29. The molecule has 0 saturated heterocycles. The van der Waals surface area contributed by atoms with Gasteiger partial charge < -0.3 is 39.6 Å². The Kier molecular flexibility index (Phi) is 22.3. The molecule has 0 heterocycles. The van der Waals surface area contributed by atoms with E-state index in [9.17, 15) is 9.59 Å². The third kappa shape index (κ3) is 24.5. The molecule has 2 amide bonds. The van der Waals surface area contributed by atoms with Crippen molar-refractivity contribution in [3.63, 3.8) is 0 Å². The van der Waals surface area contributed by atoms with Crippen molar-refractivity contribution < 1.29 is 33.3 Å². The SMILES string of the molecule is CC(C)/C=C/CNC(=O)COCCO[C@H](COc1cccc(NC(=O)CCOCCOCCNC(C)C)c1)SSC(C)(C)C. The van der Waals surface area contributed by atoms with Crippen LogP contribution in [0.4, 0.5) is 5.69 Å². The highest BCUT2D eigenvalue weighted by molar-refractivity contribution is 8.77. The van der Waals surface area contributed by atoms with Gasteiger partial charge in [0.1, 0.15) is 24.4 Å². The lowest BCUT2D eigenvalue weighted by atomic mass is 10.2. The number of nitrogens with one attached hydrogen (secondary N) is 3. The summed E-state index contributed by atoms with van der Waals surface area (Å²) < 4.78 is 28.6. The number of ether oxygens (including phenoxy) is 5. The van der Waals surface area contributed by atoms with Crippen molar-refractivity contribution in [2.24, 2.45) is 5.92 Å². The highest BCUT2D eigenvalue weighted by Crippen LogP contribution is 2.38. The van der Waals surface area contributed by atoms with Crippen LogP contribution in [0.3, 0.4) is 0 Å². The van der Waals surface area contributed by atoms with Crippen LogP contribution in [-0.2, 0) is 28.5 Å². The fourth-order valence-electron chi connectivity index (χ4n) is 3.23. The molecule has 1 aromatic carbocycles. The van der Waals surface area contributed by atoms with Crippen molar-refractivity contribution in [3.05, 3.63) is 36.4 Å². The molecule has 12 heteroatoms. The summed E-state index contributed by atoms with van der Waals surface area (Å²) in [6.45, 7) is 18.9. The first-order chi connectivity index (χ1) is 20.9. The van der Waals surface area contributed by atoms with Crippen molar-refractivity contribution in [3.8, 4) is 5.75 Å². The van der Waals surface area contributed by atoms with E-state index >= 15 is 0 Å². The van der Waals surface area contributed by atoms with Crippen LogP contribution < -0.4 is 20.7 Å². The first-order valence-corrected chi connectivity index (χ1v) is 17.5. The fraction of sp³-hybridized carbons (Fsp3) is 0.688. The number of allylic oxidation sites excluding steroid dienone is 1. The first kappa shape index (κ1) is 40.2. The maximum atomic E-state index is 12.4. The van der Waals surface area contributed by atoms with Gasteiger partial charge >= 0.3 is 0 Å². The van der Waals surface area contributed by atoms with E-state index in [2.05, 4.69) is 64.4 Å². The van der Waals surface area contributed by atoms with E-state index in [1.54, 1.807) is 27.7 Å². The van der Waals surface area contributed by atoms with Crippen LogP contribution in [0.5, 0.6) is 5.75 Å². The molecule has 1 aromatic rings. The molecule has 0 aliphatic carbocycles. The van der Waals surface area contributed by atoms with Crippen molar-refractivity contribution in [2.45, 2.75) is 71.1 Å². The second-order valence-corrected chi connectivity index (χ2v) is 14.8. The smallest absolute Gasteiger partial charge is 0.246 e. The van der Waals surface area contributed by atoms with Gasteiger partial charge in [-0.1, -0.05) is 88.3 Å². The summed E-state index contributed by atoms with van der Waals surface area (Å²) in [6.07, 6.45) is 4.23. The molecular formula is C32H55N3O7S2. The van der Waals surface area contributed by atoms with Gasteiger partial charge in [-0.05, 0) is 18.1 Å². The molecule has 1 atom stereocenters. The van der Waals surface area contributed by atoms with Crippen LogP contribution in [0.25, 0.3) is 0 Å². The molecule has 0 spiro atoms. The van der Waals surface area contributed by atoms with E-state index in [1.165, 1.54) is 0 Å². The van der Waals surface area contributed by atoms with Crippen molar-refractivity contribution in [2.75, 3.05) is 71.3 Å². The number of rotatable bonds is 25. The van der Waals surface area contributed by atoms with Gasteiger partial charge in [-0.15, -0.1) is 0 Å². The lowest BCUT2D eigenvalue weighted by Crippen LogP contribution is -2.28. The minimum Gasteiger partial charge on any atom is -0.490 e. The number of hydrogen-bond acceptors (Lipinski definition) is 10. The van der Waals surface area contributed by atoms with Gasteiger partial charge in [0.25, 0.3) is 0 Å². The summed E-state index contributed by atoms with van der Waals surface area (Å²) >= 11 is 0. The highest BCUT2D eigenvalue weighted by Gasteiger charge is 2.18. The lowest BCUT2D eigenvalue weighted by Gasteiger charge is -2.22. The second kappa shape index (κ2) is 24.4. The third-order valence-corrected chi connectivity index (χ3v) is 8.77. The van der Waals surface area contributed by atoms with E-state index < -0.39 is 0 Å². The molecule has 0 bridgehead atoms. The van der Waals surface area contributed by atoms with Gasteiger partial charge in [0.05, 0.1) is 46.1 Å². The van der Waals surface area contributed by atoms with E-state index in [0.717, 1.165) is 6.54 Å². The van der Waals surface area contributed by atoms with Crippen LogP contribution in [-0.4, -0.2) is 94.0 Å². The molecule has 3 N–H and O–H groups in total. The van der Waals surface area contributed by atoms with Crippen LogP contribution in [0.15, 0.2) is 36.4 Å². The molecule has 0 saturated carbocycles. The topological polar surface area (TPSA) is 116 Å². The van der Waals surface area contributed by atoms with Gasteiger partial charge in [-0.2, -0.15) is 0 Å². The Labute approximate surface area is 272 Å². The lowest BCUT2D eigenvalue weighted by molar-refractivity contribution is -0.126. The average Bonchev–Trinajstić information content (AvgIpc) is 2.94. The monoisotopic (exact) mass is 657 g/mol. The van der Waals surface area contributed by atoms with Crippen LogP contribution in [0, 0.1) is 5.92 Å². The molecular weight excluding hydrogens is 603 g/mol. The molecule has 0 radical (unpaired) electrons. The first-order valence-electron chi connectivity index (χ1n) is 15.3. The molecule has 1 rings (SSSR count). The van der Waals surface area contributed by atoms with Crippen molar-refractivity contribution in [1.82, 2.24) is 10.6 Å². The zero-order valence-corrected chi connectivity index (χ0v) is 29.3. The van der Waals surface area contributed by atoms with Gasteiger partial charge in [-0.25, -0.2) is 0 Å². The highest BCUT2D eigenvalue weighted by atomic mass is 33.1. The largest absolute Gasteiger partial charge is 0.490 e. The second-order valence-electron chi connectivity index (χ2n) is 11.6. The quantitative estimate of drug-likeness (QED) is 0.0554. The number of hydrogen-bond donors (Lipinski definition) is 3. The Morgan fingerprint density at radius 1 is 0.932 bits per heavy atom. The molecule has 0 fully saturated rings. The Hall–Kier alpha value is -1.80. The molecule has 252 valence electrons. The van der Waals surface area contributed by atoms with Crippen LogP contribution in [0.2, 0.25) is 0 Å². The predicted molar refractivity (Wildman–Crippen MR) is 182 cm³/mol. The fourth-order valence-corrected chi connectivity index (χ4v) is 5.42. The number of carbonyl (C=O) groups is 2. The number of carbonyl (C=O) groups excluding carboxylic acids is 2. The standard InChI is InChI=1S/C32H55N3O7S2/c1-25(2)10-9-14-34-30(37)23-40-20-21-41-31(43-44-32(5,6)7)24-42-28-12-8-11-27(22-28)35-29(36)13-16-38-18-19-39-17-15-33-26(3)4/h8-12,22,25-26,31,33H,13-21,23-24H2,1-7H3,(H,34,37)(H,35,36)/b10-9+/t31-/m0/s1. The van der Waals surface area contributed by atoms with Gasteiger partial charge in [0, 0.05) is 35.6 Å². The molecule has 10 nitrogen and oxygen atoms in total. The Balaban J connectivity index is 2.38. The summed E-state index contributed by atoms with van der Waals surface area (Å²) in [5.74, 6) is 0.775. The molecule has 0 aromatic heterocycles. The van der Waals surface area contributed by atoms with Crippen LogP contribution in [0.1, 0.15) is 54.9 Å². The summed E-state index contributed by atoms with van der Waals surface area (Å²) in [4.78, 5) is 24.3. The minimum absolute atomic E-state index is 0.0144. The summed E-state index contributed by atoms with van der Waals surface area (Å²) in [5, 5.41) is 8.97. The summed E-state index contributed by atoms with van der Waals surface area (Å²) in [7, 11) is 3.30. The van der Waals surface area contributed by atoms with Gasteiger partial charge in [-0.3, -0.25) is 9.59 Å². The van der Waals surface area contributed by atoms with E-state index in [4.69, 9.17) is 23.7 Å². The minimum atomic E-state index is -0.260. The summed E-state index contributed by atoms with van der Waals surface area (Å²) in [6, 6.07) is 7.71. The Morgan fingerprint density at radius 3 is 2.36 bits per heavy atom. The average molecular weight is 658 g/mol. The number of amides is 2. The maximum absolute atomic E-state index is 12.4. The number of benzene rings is 1. The van der Waals surface area contributed by atoms with Crippen molar-refractivity contribution in [1.29, 1.82) is 0 Å². The Bertz CT molecular complexity index is 943. The van der Waals surface area contributed by atoms with Crippen molar-refractivity contribution >= 4 is 39.1 Å². The zero-order chi connectivity index (χ0) is 32.6. The summed E-state index contributed by atoms with van der Waals surface area (Å²) in [5.41, 5.74) is 0.387. The van der Waals surface area contributed by atoms with E-state index in [-0.39, 0.29) is 35.0 Å². The molecule has 0 aliphatic rings. The molecule has 0 aliphatic heterocycles. The van der Waals surface area contributed by atoms with Gasteiger partial charge in [0.15, 0.2) is 0 Å². The van der Waals surface area contributed by atoms with E-state index in [0.29, 0.717) is 76.2 Å².